The van der Waals surface area contributed by atoms with Crippen molar-refractivity contribution in [1.29, 1.82) is 5.26 Å². The Labute approximate surface area is 206 Å². The second-order valence-electron chi connectivity index (χ2n) is 8.20. The Balaban J connectivity index is 1.54. The van der Waals surface area contributed by atoms with Crippen LogP contribution >= 0.6 is 12.1 Å². The largest absolute Gasteiger partial charge is 0.473 e. The van der Waals surface area contributed by atoms with E-state index in [2.05, 4.69) is 20.0 Å². The summed E-state index contributed by atoms with van der Waals surface area (Å²) in [7, 11) is 1.89. The molecule has 1 saturated heterocycles. The molecule has 1 aliphatic heterocycles. The van der Waals surface area contributed by atoms with E-state index in [0.717, 1.165) is 6.54 Å². The lowest BCUT2D eigenvalue weighted by atomic mass is 9.96. The summed E-state index contributed by atoms with van der Waals surface area (Å²) in [6.45, 7) is 3.87. The maximum absolute atomic E-state index is 14.8. The SMILES string of the molecule is CCN(C)SNc1ccc(F)c(Oc2ccc3ncc(OCC4(F)CCNCC4)nc3c2)c1C#N. The van der Waals surface area contributed by atoms with E-state index in [0.29, 0.717) is 42.7 Å². The number of rotatable bonds is 9. The number of ether oxygens (including phenoxy) is 2. The lowest BCUT2D eigenvalue weighted by Crippen LogP contribution is -2.42. The molecule has 3 aromatic rings. The Morgan fingerprint density at radius 2 is 2.06 bits per heavy atom. The molecule has 0 bridgehead atoms. The number of anilines is 1. The smallest absolute Gasteiger partial charge is 0.233 e. The summed E-state index contributed by atoms with van der Waals surface area (Å²) in [6.07, 6.45) is 2.20. The summed E-state index contributed by atoms with van der Waals surface area (Å²) < 4.78 is 45.8. The number of halogens is 2. The normalized spacial score (nSPS) is 15.1. The van der Waals surface area contributed by atoms with E-state index < -0.39 is 11.5 Å². The maximum Gasteiger partial charge on any atom is 0.233 e. The Hall–Kier alpha value is -3.20. The summed E-state index contributed by atoms with van der Waals surface area (Å²) in [6, 6.07) is 9.61. The highest BCUT2D eigenvalue weighted by atomic mass is 32.2. The molecule has 0 radical (unpaired) electrons. The van der Waals surface area contributed by atoms with Crippen molar-refractivity contribution in [2.45, 2.75) is 25.4 Å². The van der Waals surface area contributed by atoms with Crippen molar-refractivity contribution in [2.24, 2.45) is 0 Å². The predicted molar refractivity (Wildman–Crippen MR) is 132 cm³/mol. The van der Waals surface area contributed by atoms with Crippen LogP contribution in [0.4, 0.5) is 14.5 Å². The summed E-state index contributed by atoms with van der Waals surface area (Å²) >= 11 is 1.29. The molecule has 2 N–H and O–H groups in total. The van der Waals surface area contributed by atoms with Crippen LogP contribution in [-0.4, -0.2) is 53.2 Å². The second-order valence-corrected chi connectivity index (χ2v) is 9.21. The lowest BCUT2D eigenvalue weighted by Gasteiger charge is -2.29. The molecule has 0 atom stereocenters. The van der Waals surface area contributed by atoms with Crippen LogP contribution in [0.15, 0.2) is 36.5 Å². The minimum absolute atomic E-state index is 0.0421. The molecule has 35 heavy (non-hydrogen) atoms. The highest BCUT2D eigenvalue weighted by molar-refractivity contribution is 7.98. The first-order chi connectivity index (χ1) is 16.9. The van der Waals surface area contributed by atoms with Crippen LogP contribution in [0, 0.1) is 17.1 Å². The number of hydrogen-bond donors (Lipinski definition) is 2. The monoisotopic (exact) mass is 500 g/mol. The molecule has 0 spiro atoms. The van der Waals surface area contributed by atoms with Crippen LogP contribution in [0.25, 0.3) is 11.0 Å². The molecule has 1 aromatic heterocycles. The van der Waals surface area contributed by atoms with Gasteiger partial charge in [-0.2, -0.15) is 5.26 Å². The van der Waals surface area contributed by atoms with E-state index in [1.54, 1.807) is 18.2 Å². The van der Waals surface area contributed by atoms with Gasteiger partial charge in [0.2, 0.25) is 5.88 Å². The number of benzene rings is 2. The van der Waals surface area contributed by atoms with Crippen LogP contribution in [-0.2, 0) is 0 Å². The van der Waals surface area contributed by atoms with Crippen LogP contribution < -0.4 is 19.5 Å². The minimum Gasteiger partial charge on any atom is -0.473 e. The molecule has 1 fully saturated rings. The molecule has 0 saturated carbocycles. The number of nitrogens with one attached hydrogen (secondary N) is 2. The lowest BCUT2D eigenvalue weighted by molar-refractivity contribution is 0.0519. The van der Waals surface area contributed by atoms with Crippen molar-refractivity contribution in [2.75, 3.05) is 38.0 Å². The van der Waals surface area contributed by atoms with Crippen molar-refractivity contribution in [3.05, 3.63) is 47.9 Å². The van der Waals surface area contributed by atoms with Crippen LogP contribution in [0.3, 0.4) is 0 Å². The zero-order chi connectivity index (χ0) is 24.8. The number of hydrogen-bond acceptors (Lipinski definition) is 9. The quantitative estimate of drug-likeness (QED) is 0.401. The van der Waals surface area contributed by atoms with Crippen molar-refractivity contribution in [1.82, 2.24) is 19.6 Å². The summed E-state index contributed by atoms with van der Waals surface area (Å²) in [5, 5.41) is 12.8. The highest BCUT2D eigenvalue weighted by Gasteiger charge is 2.32. The van der Waals surface area contributed by atoms with E-state index in [1.165, 1.54) is 30.5 Å². The molecule has 1 aliphatic rings. The second kappa shape index (κ2) is 11.0. The molecule has 0 aliphatic carbocycles. The average molecular weight is 501 g/mol. The molecular formula is C24H26F2N6O2S. The van der Waals surface area contributed by atoms with Crippen molar-refractivity contribution < 1.29 is 18.3 Å². The summed E-state index contributed by atoms with van der Waals surface area (Å²) in [5.74, 6) is -0.394. The first-order valence-corrected chi connectivity index (χ1v) is 12.0. The van der Waals surface area contributed by atoms with Crippen LogP contribution in [0.2, 0.25) is 0 Å². The molecule has 0 amide bonds. The molecular weight excluding hydrogens is 474 g/mol. The van der Waals surface area contributed by atoms with E-state index in [9.17, 15) is 14.0 Å². The topological polar surface area (TPSA) is 95.3 Å². The van der Waals surface area contributed by atoms with Gasteiger partial charge >= 0.3 is 0 Å². The van der Waals surface area contributed by atoms with Crippen molar-refractivity contribution >= 4 is 28.9 Å². The van der Waals surface area contributed by atoms with Gasteiger partial charge in [0.05, 0.1) is 22.9 Å². The zero-order valence-corrected chi connectivity index (χ0v) is 20.3. The molecule has 0 unspecified atom stereocenters. The maximum atomic E-state index is 14.8. The Morgan fingerprint density at radius 3 is 2.80 bits per heavy atom. The van der Waals surface area contributed by atoms with Gasteiger partial charge in [0.25, 0.3) is 0 Å². The van der Waals surface area contributed by atoms with Crippen LogP contribution in [0.5, 0.6) is 17.4 Å². The van der Waals surface area contributed by atoms with Crippen molar-refractivity contribution in [3.63, 3.8) is 0 Å². The van der Waals surface area contributed by atoms with Gasteiger partial charge in [-0.1, -0.05) is 6.92 Å². The molecule has 8 nitrogen and oxygen atoms in total. The van der Waals surface area contributed by atoms with Gasteiger partial charge in [-0.25, -0.2) is 23.1 Å². The fourth-order valence-corrected chi connectivity index (χ4v) is 4.05. The molecule has 2 heterocycles. The minimum atomic E-state index is -1.40. The number of alkyl halides is 1. The Kier molecular flexibility index (Phi) is 7.85. The zero-order valence-electron chi connectivity index (χ0n) is 19.5. The van der Waals surface area contributed by atoms with E-state index in [4.69, 9.17) is 9.47 Å². The van der Waals surface area contributed by atoms with Gasteiger partial charge in [0.15, 0.2) is 11.6 Å². The van der Waals surface area contributed by atoms with Gasteiger partial charge in [0, 0.05) is 24.7 Å². The summed E-state index contributed by atoms with van der Waals surface area (Å²) in [5.41, 5.74) is 0.0777. The summed E-state index contributed by atoms with van der Waals surface area (Å²) in [4.78, 5) is 8.72. The fourth-order valence-electron chi connectivity index (χ4n) is 3.49. The number of nitrogens with zero attached hydrogens (tertiary/aromatic N) is 4. The number of piperidine rings is 1. The third-order valence-corrected chi connectivity index (χ3v) is 6.55. The first-order valence-electron chi connectivity index (χ1n) is 11.2. The standard InChI is InChI=1S/C24H26F2N6O2S/c1-3-32(2)35-31-19-7-5-18(25)23(17(19)13-27)34-16-4-6-20-21(12-16)30-22(14-29-20)33-15-24(26)8-10-28-11-9-24/h4-7,12,14,28,31H,3,8-11,15H2,1-2H3. The van der Waals surface area contributed by atoms with Crippen LogP contribution in [0.1, 0.15) is 25.3 Å². The Bertz CT molecular complexity index is 1230. The number of fused-ring (bicyclic) bond motifs is 1. The van der Waals surface area contributed by atoms with Crippen molar-refractivity contribution in [3.8, 4) is 23.4 Å². The third kappa shape index (κ3) is 6.08. The molecule has 2 aromatic carbocycles. The van der Waals surface area contributed by atoms with E-state index >= 15 is 0 Å². The molecule has 184 valence electrons. The van der Waals surface area contributed by atoms with E-state index in [-0.39, 0.29) is 29.5 Å². The van der Waals surface area contributed by atoms with E-state index in [1.807, 2.05) is 24.3 Å². The predicted octanol–water partition coefficient (Wildman–Crippen LogP) is 4.83. The number of nitriles is 1. The average Bonchev–Trinajstić information content (AvgIpc) is 2.87. The Morgan fingerprint density at radius 1 is 1.26 bits per heavy atom. The number of aromatic nitrogens is 2. The first kappa shape index (κ1) is 24.9. The third-order valence-electron chi connectivity index (χ3n) is 5.67. The van der Waals surface area contributed by atoms with Gasteiger partial charge in [0.1, 0.15) is 29.7 Å². The fraction of sp³-hybridized carbons (Fsp3) is 0.375. The van der Waals surface area contributed by atoms with Gasteiger partial charge in [-0.3, -0.25) is 0 Å². The van der Waals surface area contributed by atoms with Gasteiger partial charge in [-0.05, 0) is 57.2 Å². The molecule has 4 rings (SSSR count). The molecule has 11 heteroatoms. The highest BCUT2D eigenvalue weighted by Crippen LogP contribution is 2.35. The van der Waals surface area contributed by atoms with Gasteiger partial charge in [-0.15, -0.1) is 0 Å². The van der Waals surface area contributed by atoms with Gasteiger partial charge < -0.3 is 19.5 Å².